The Morgan fingerprint density at radius 1 is 1.27 bits per heavy atom. The molecule has 0 unspecified atom stereocenters. The second-order valence-electron chi connectivity index (χ2n) is 7.44. The van der Waals surface area contributed by atoms with Crippen molar-refractivity contribution in [1.29, 1.82) is 0 Å². The fraction of sp³-hybridized carbons (Fsp3) is 0.450. The molecule has 3 amide bonds. The molecule has 2 atom stereocenters. The number of urea groups is 1. The number of rotatable bonds is 4. The Bertz CT molecular complexity index is 970. The Morgan fingerprint density at radius 3 is 2.70 bits per heavy atom. The van der Waals surface area contributed by atoms with Gasteiger partial charge in [-0.1, -0.05) is 35.0 Å². The van der Waals surface area contributed by atoms with Crippen molar-refractivity contribution in [2.75, 3.05) is 26.3 Å². The summed E-state index contributed by atoms with van der Waals surface area (Å²) in [7, 11) is 0. The molecule has 1 N–H and O–H groups in total. The summed E-state index contributed by atoms with van der Waals surface area (Å²) in [6, 6.07) is 6.68. The van der Waals surface area contributed by atoms with E-state index in [0.29, 0.717) is 30.6 Å². The molecule has 1 aromatic carbocycles. The van der Waals surface area contributed by atoms with Crippen molar-refractivity contribution in [3.8, 4) is 0 Å². The third-order valence-corrected chi connectivity index (χ3v) is 5.12. The van der Waals surface area contributed by atoms with Gasteiger partial charge >= 0.3 is 6.03 Å². The van der Waals surface area contributed by atoms with Crippen molar-refractivity contribution in [1.82, 2.24) is 25.4 Å². The van der Waals surface area contributed by atoms with Crippen LogP contribution >= 0.6 is 0 Å². The standard InChI is InChI=1S/C20H24N6O4/c1-12-4-6-15(7-5-12)18-16(25-8-9-29-11-17(25)27)10-26(23-18)20(28)21-13(2)19-22-14(3)24-30-19/h4-7,13,16H,8-11H2,1-3H3,(H,21,28)/t13-,16-/m1/s1. The number of nitrogens with zero attached hydrogens (tertiary/aromatic N) is 5. The highest BCUT2D eigenvalue weighted by molar-refractivity contribution is 6.08. The lowest BCUT2D eigenvalue weighted by atomic mass is 10.0. The average molecular weight is 412 g/mol. The van der Waals surface area contributed by atoms with Gasteiger partial charge in [0.25, 0.3) is 0 Å². The van der Waals surface area contributed by atoms with Crippen LogP contribution in [0, 0.1) is 13.8 Å². The van der Waals surface area contributed by atoms with E-state index in [4.69, 9.17) is 9.26 Å². The maximum absolute atomic E-state index is 12.9. The van der Waals surface area contributed by atoms with E-state index < -0.39 is 12.1 Å². The Morgan fingerprint density at radius 2 is 2.03 bits per heavy atom. The molecule has 30 heavy (non-hydrogen) atoms. The molecule has 2 aliphatic heterocycles. The Hall–Kier alpha value is -3.27. The number of aryl methyl sites for hydroxylation is 2. The van der Waals surface area contributed by atoms with Crippen molar-refractivity contribution in [2.24, 2.45) is 5.10 Å². The molecule has 1 fully saturated rings. The van der Waals surface area contributed by atoms with E-state index in [1.807, 2.05) is 31.2 Å². The normalized spacial score (nSPS) is 20.3. The molecule has 10 nitrogen and oxygen atoms in total. The van der Waals surface area contributed by atoms with Gasteiger partial charge in [-0.3, -0.25) is 4.79 Å². The summed E-state index contributed by atoms with van der Waals surface area (Å²) in [5.74, 6) is 0.712. The van der Waals surface area contributed by atoms with E-state index >= 15 is 0 Å². The van der Waals surface area contributed by atoms with E-state index in [0.717, 1.165) is 11.1 Å². The van der Waals surface area contributed by atoms with Crippen LogP contribution in [0.4, 0.5) is 4.79 Å². The molecular weight excluding hydrogens is 388 g/mol. The number of amides is 3. The number of morpholine rings is 1. The molecule has 0 radical (unpaired) electrons. The van der Waals surface area contributed by atoms with E-state index in [-0.39, 0.29) is 25.1 Å². The Labute approximate surface area is 173 Å². The van der Waals surface area contributed by atoms with Crippen LogP contribution in [-0.2, 0) is 9.53 Å². The number of hydrogen-bond donors (Lipinski definition) is 1. The topological polar surface area (TPSA) is 113 Å². The Balaban J connectivity index is 1.56. The summed E-state index contributed by atoms with van der Waals surface area (Å²) < 4.78 is 10.4. The van der Waals surface area contributed by atoms with Gasteiger partial charge in [0.05, 0.1) is 24.9 Å². The van der Waals surface area contributed by atoms with E-state index in [1.54, 1.807) is 18.7 Å². The van der Waals surface area contributed by atoms with E-state index in [9.17, 15) is 9.59 Å². The van der Waals surface area contributed by atoms with E-state index in [2.05, 4.69) is 20.6 Å². The van der Waals surface area contributed by atoms with Crippen molar-refractivity contribution in [3.63, 3.8) is 0 Å². The zero-order valence-electron chi connectivity index (χ0n) is 17.2. The van der Waals surface area contributed by atoms with Crippen LogP contribution in [0.5, 0.6) is 0 Å². The summed E-state index contributed by atoms with van der Waals surface area (Å²) in [5.41, 5.74) is 2.68. The summed E-state index contributed by atoms with van der Waals surface area (Å²) in [6.45, 7) is 6.70. The van der Waals surface area contributed by atoms with Gasteiger partial charge in [0.1, 0.15) is 12.6 Å². The molecular formula is C20H24N6O4. The maximum atomic E-state index is 12.9. The minimum atomic E-state index is -0.471. The first-order valence-corrected chi connectivity index (χ1v) is 9.83. The smallest absolute Gasteiger partial charge is 0.338 e. The van der Waals surface area contributed by atoms with Gasteiger partial charge in [0, 0.05) is 6.54 Å². The van der Waals surface area contributed by atoms with Crippen molar-refractivity contribution in [2.45, 2.75) is 32.9 Å². The molecule has 0 spiro atoms. The lowest BCUT2D eigenvalue weighted by Gasteiger charge is -2.32. The monoisotopic (exact) mass is 412 g/mol. The lowest BCUT2D eigenvalue weighted by Crippen LogP contribution is -2.52. The summed E-state index contributed by atoms with van der Waals surface area (Å²) in [4.78, 5) is 31.2. The summed E-state index contributed by atoms with van der Waals surface area (Å²) >= 11 is 0. The molecule has 1 aromatic heterocycles. The minimum absolute atomic E-state index is 0.0391. The third-order valence-electron chi connectivity index (χ3n) is 5.12. The molecule has 4 rings (SSSR count). The second-order valence-corrected chi connectivity index (χ2v) is 7.44. The number of aromatic nitrogens is 2. The first-order chi connectivity index (χ1) is 14.4. The molecule has 2 aliphatic rings. The summed E-state index contributed by atoms with van der Waals surface area (Å²) in [6.07, 6.45) is 0. The van der Waals surface area contributed by atoms with Crippen LogP contribution in [0.1, 0.15) is 35.8 Å². The molecule has 0 saturated carbocycles. The SMILES string of the molecule is Cc1ccc(C2=NN(C(=O)N[C@H](C)c3nc(C)no3)C[C@H]2N2CCOCC2=O)cc1. The first-order valence-electron chi connectivity index (χ1n) is 9.83. The van der Waals surface area contributed by atoms with Gasteiger partial charge in [0.15, 0.2) is 5.82 Å². The molecule has 2 aromatic rings. The van der Waals surface area contributed by atoms with Gasteiger partial charge in [-0.2, -0.15) is 10.1 Å². The zero-order valence-corrected chi connectivity index (χ0v) is 17.2. The van der Waals surface area contributed by atoms with E-state index in [1.165, 1.54) is 5.01 Å². The molecule has 10 heteroatoms. The predicted molar refractivity (Wildman–Crippen MR) is 107 cm³/mol. The molecule has 3 heterocycles. The van der Waals surface area contributed by atoms with Gasteiger partial charge < -0.3 is 19.5 Å². The van der Waals surface area contributed by atoms with Crippen LogP contribution in [0.2, 0.25) is 0 Å². The van der Waals surface area contributed by atoms with Crippen molar-refractivity contribution in [3.05, 3.63) is 47.1 Å². The van der Waals surface area contributed by atoms with Crippen molar-refractivity contribution >= 4 is 17.6 Å². The summed E-state index contributed by atoms with van der Waals surface area (Å²) in [5, 5.41) is 12.5. The number of ether oxygens (including phenoxy) is 1. The first kappa shape index (κ1) is 20.0. The zero-order chi connectivity index (χ0) is 21.3. The van der Waals surface area contributed by atoms with Crippen molar-refractivity contribution < 1.29 is 18.8 Å². The number of carbonyl (C=O) groups is 2. The van der Waals surface area contributed by atoms with Gasteiger partial charge in [-0.15, -0.1) is 0 Å². The lowest BCUT2D eigenvalue weighted by molar-refractivity contribution is -0.143. The molecule has 158 valence electrons. The third kappa shape index (κ3) is 4.04. The number of hydrazone groups is 1. The van der Waals surface area contributed by atoms with Crippen LogP contribution in [0.3, 0.4) is 0 Å². The van der Waals surface area contributed by atoms with Crippen LogP contribution in [0.15, 0.2) is 33.9 Å². The van der Waals surface area contributed by atoms with Gasteiger partial charge in [0.2, 0.25) is 11.8 Å². The highest BCUT2D eigenvalue weighted by atomic mass is 16.5. The fourth-order valence-electron chi connectivity index (χ4n) is 3.51. The van der Waals surface area contributed by atoms with Crippen LogP contribution < -0.4 is 5.32 Å². The molecule has 1 saturated heterocycles. The molecule has 0 bridgehead atoms. The van der Waals surface area contributed by atoms with Gasteiger partial charge in [-0.25, -0.2) is 9.80 Å². The number of hydrogen-bond acceptors (Lipinski definition) is 7. The van der Waals surface area contributed by atoms with Crippen LogP contribution in [0.25, 0.3) is 0 Å². The Kier molecular flexibility index (Phi) is 5.49. The highest BCUT2D eigenvalue weighted by Gasteiger charge is 2.38. The fourth-order valence-corrected chi connectivity index (χ4v) is 3.51. The number of benzene rings is 1. The molecule has 0 aliphatic carbocycles. The van der Waals surface area contributed by atoms with Gasteiger partial charge in [-0.05, 0) is 26.3 Å². The number of nitrogens with one attached hydrogen (secondary N) is 1. The average Bonchev–Trinajstić information content (AvgIpc) is 3.36. The highest BCUT2D eigenvalue weighted by Crippen LogP contribution is 2.22. The number of carbonyl (C=O) groups excluding carboxylic acids is 2. The van der Waals surface area contributed by atoms with Crippen LogP contribution in [-0.4, -0.2) is 70.0 Å². The quantitative estimate of drug-likeness (QED) is 0.812. The predicted octanol–water partition coefficient (Wildman–Crippen LogP) is 1.40. The minimum Gasteiger partial charge on any atom is -0.370 e. The largest absolute Gasteiger partial charge is 0.370 e. The maximum Gasteiger partial charge on any atom is 0.338 e. The second kappa shape index (κ2) is 8.23.